The van der Waals surface area contributed by atoms with E-state index in [0.717, 1.165) is 50.8 Å². The maximum Gasteiger partial charge on any atom is 0.223 e. The molecular weight excluding hydrogens is 296 g/mol. The molecule has 2 saturated heterocycles. The highest BCUT2D eigenvalue weighted by Crippen LogP contribution is 2.27. The highest BCUT2D eigenvalue weighted by molar-refractivity contribution is 5.54. The number of nitrogen functional groups attached to an aromatic ring is 1. The highest BCUT2D eigenvalue weighted by Gasteiger charge is 2.33. The normalized spacial score (nSPS) is 26.6. The lowest BCUT2D eigenvalue weighted by atomic mass is 9.94. The molecule has 128 valence electrons. The van der Waals surface area contributed by atoms with Gasteiger partial charge in [0, 0.05) is 38.8 Å². The number of aromatic nitrogens is 2. The van der Waals surface area contributed by atoms with Crippen molar-refractivity contribution >= 4 is 17.6 Å². The Hall–Kier alpha value is -1.64. The van der Waals surface area contributed by atoms with Crippen LogP contribution >= 0.6 is 0 Å². The zero-order valence-corrected chi connectivity index (χ0v) is 13.6. The van der Waals surface area contributed by atoms with Crippen molar-refractivity contribution in [2.75, 3.05) is 68.5 Å². The largest absolute Gasteiger partial charge is 0.393 e. The third-order valence-electron chi connectivity index (χ3n) is 4.72. The van der Waals surface area contributed by atoms with Gasteiger partial charge in [0.1, 0.15) is 17.2 Å². The van der Waals surface area contributed by atoms with Gasteiger partial charge in [-0.15, -0.1) is 0 Å². The first kappa shape index (κ1) is 16.2. The molecule has 8 heteroatoms. The predicted octanol–water partition coefficient (Wildman–Crippen LogP) is -0.866. The van der Waals surface area contributed by atoms with Gasteiger partial charge in [0.05, 0.1) is 13.2 Å². The number of piperidine rings is 1. The van der Waals surface area contributed by atoms with Gasteiger partial charge < -0.3 is 30.6 Å². The molecule has 0 unspecified atom stereocenters. The van der Waals surface area contributed by atoms with Crippen molar-refractivity contribution in [3.63, 3.8) is 0 Å². The Morgan fingerprint density at radius 3 is 2.43 bits per heavy atom. The number of rotatable bonds is 3. The molecule has 2 aliphatic rings. The van der Waals surface area contributed by atoms with E-state index < -0.39 is 5.60 Å². The summed E-state index contributed by atoms with van der Waals surface area (Å²) in [7, 11) is 2.11. The molecule has 0 saturated carbocycles. The summed E-state index contributed by atoms with van der Waals surface area (Å²) >= 11 is 0. The lowest BCUT2D eigenvalue weighted by Crippen LogP contribution is -2.51. The second kappa shape index (κ2) is 6.46. The van der Waals surface area contributed by atoms with E-state index in [1.807, 2.05) is 11.0 Å². The number of hydrogen-bond donors (Lipinski definition) is 3. The van der Waals surface area contributed by atoms with Crippen LogP contribution in [0.5, 0.6) is 0 Å². The lowest BCUT2D eigenvalue weighted by molar-refractivity contribution is -0.0242. The summed E-state index contributed by atoms with van der Waals surface area (Å²) in [6.45, 7) is 4.72. The molecule has 0 spiro atoms. The fourth-order valence-corrected chi connectivity index (χ4v) is 3.24. The number of piperazine rings is 1. The van der Waals surface area contributed by atoms with Crippen molar-refractivity contribution in [2.45, 2.75) is 18.4 Å². The summed E-state index contributed by atoms with van der Waals surface area (Å²) in [4.78, 5) is 15.2. The predicted molar refractivity (Wildman–Crippen MR) is 89.6 cm³/mol. The average Bonchev–Trinajstić information content (AvgIpc) is 2.55. The van der Waals surface area contributed by atoms with E-state index in [1.165, 1.54) is 0 Å². The molecule has 4 N–H and O–H groups in total. The Kier molecular flexibility index (Phi) is 4.56. The zero-order valence-electron chi connectivity index (χ0n) is 13.6. The molecule has 1 aromatic rings. The molecular formula is C15H26N6O2. The number of β-amino-alcohol motifs (C(OH)–C–C–N with tert-alkyl or cyclic N) is 1. The first-order chi connectivity index (χ1) is 11.0. The number of aliphatic hydroxyl groups excluding tert-OH is 1. The molecule has 3 heterocycles. The Bertz CT molecular complexity index is 549. The SMILES string of the molecule is CN1CCN(c2cc(N3CCC[C@](O)(CO)C3)nc(N)n2)CC1. The molecule has 2 fully saturated rings. The summed E-state index contributed by atoms with van der Waals surface area (Å²) in [5.74, 6) is 1.80. The second-order valence-electron chi connectivity index (χ2n) is 6.64. The second-order valence-corrected chi connectivity index (χ2v) is 6.64. The van der Waals surface area contributed by atoms with Crippen molar-refractivity contribution in [3.8, 4) is 0 Å². The van der Waals surface area contributed by atoms with E-state index in [0.29, 0.717) is 13.0 Å². The molecule has 0 aliphatic carbocycles. The molecule has 1 aromatic heterocycles. The van der Waals surface area contributed by atoms with Gasteiger partial charge in [0.15, 0.2) is 0 Å². The maximum atomic E-state index is 10.3. The van der Waals surface area contributed by atoms with Crippen LogP contribution in [0.3, 0.4) is 0 Å². The minimum absolute atomic E-state index is 0.241. The van der Waals surface area contributed by atoms with Gasteiger partial charge in [-0.1, -0.05) is 0 Å². The minimum Gasteiger partial charge on any atom is -0.393 e. The number of nitrogens with two attached hydrogens (primary N) is 1. The summed E-state index contributed by atoms with van der Waals surface area (Å²) in [5.41, 5.74) is 4.84. The number of hydrogen-bond acceptors (Lipinski definition) is 8. The zero-order chi connectivity index (χ0) is 16.4. The van der Waals surface area contributed by atoms with Gasteiger partial charge in [0.2, 0.25) is 5.95 Å². The number of anilines is 3. The molecule has 0 bridgehead atoms. The maximum absolute atomic E-state index is 10.3. The van der Waals surface area contributed by atoms with Crippen LogP contribution in [-0.2, 0) is 0 Å². The molecule has 2 aliphatic heterocycles. The Morgan fingerprint density at radius 2 is 1.78 bits per heavy atom. The van der Waals surface area contributed by atoms with Gasteiger partial charge >= 0.3 is 0 Å². The summed E-state index contributed by atoms with van der Waals surface area (Å²) in [6.07, 6.45) is 1.41. The summed E-state index contributed by atoms with van der Waals surface area (Å²) in [6, 6.07) is 1.94. The first-order valence-electron chi connectivity index (χ1n) is 8.15. The van der Waals surface area contributed by atoms with Gasteiger partial charge in [-0.3, -0.25) is 0 Å². The van der Waals surface area contributed by atoms with E-state index in [1.54, 1.807) is 0 Å². The standard InChI is InChI=1S/C15H26N6O2/c1-19-5-7-20(8-6-19)12-9-13(18-14(16)17-12)21-4-2-3-15(23,10-21)11-22/h9,22-23H,2-8,10-11H2,1H3,(H2,16,17,18)/t15-/m1/s1. The van der Waals surface area contributed by atoms with Crippen molar-refractivity contribution in [2.24, 2.45) is 0 Å². The molecule has 3 rings (SSSR count). The molecule has 0 radical (unpaired) electrons. The molecule has 1 atom stereocenters. The van der Waals surface area contributed by atoms with Crippen molar-refractivity contribution in [3.05, 3.63) is 6.07 Å². The van der Waals surface area contributed by atoms with E-state index >= 15 is 0 Å². The highest BCUT2D eigenvalue weighted by atomic mass is 16.3. The van der Waals surface area contributed by atoms with Gasteiger partial charge in [0.25, 0.3) is 0 Å². The van der Waals surface area contributed by atoms with Crippen LogP contribution in [0, 0.1) is 0 Å². The number of nitrogens with zero attached hydrogens (tertiary/aromatic N) is 5. The number of likely N-dealkylation sites (N-methyl/N-ethyl adjacent to an activating group) is 1. The Balaban J connectivity index is 1.80. The van der Waals surface area contributed by atoms with E-state index in [2.05, 4.69) is 26.8 Å². The third kappa shape index (κ3) is 3.65. The fourth-order valence-electron chi connectivity index (χ4n) is 3.24. The topological polar surface area (TPSA) is 102 Å². The van der Waals surface area contributed by atoms with Crippen LogP contribution in [0.4, 0.5) is 17.6 Å². The van der Waals surface area contributed by atoms with Crippen LogP contribution in [0.25, 0.3) is 0 Å². The van der Waals surface area contributed by atoms with Gasteiger partial charge in [-0.05, 0) is 19.9 Å². The van der Waals surface area contributed by atoms with Gasteiger partial charge in [-0.25, -0.2) is 0 Å². The van der Waals surface area contributed by atoms with Gasteiger partial charge in [-0.2, -0.15) is 9.97 Å². The molecule has 23 heavy (non-hydrogen) atoms. The van der Waals surface area contributed by atoms with Crippen molar-refractivity contribution < 1.29 is 10.2 Å². The minimum atomic E-state index is -1.06. The summed E-state index contributed by atoms with van der Waals surface area (Å²) < 4.78 is 0. The smallest absolute Gasteiger partial charge is 0.223 e. The summed E-state index contributed by atoms with van der Waals surface area (Å²) in [5, 5.41) is 19.8. The van der Waals surface area contributed by atoms with E-state index in [9.17, 15) is 10.2 Å². The van der Waals surface area contributed by atoms with E-state index in [4.69, 9.17) is 5.73 Å². The van der Waals surface area contributed by atoms with Crippen molar-refractivity contribution in [1.29, 1.82) is 0 Å². The lowest BCUT2D eigenvalue weighted by Gasteiger charge is -2.39. The van der Waals surface area contributed by atoms with Crippen LogP contribution in [0.15, 0.2) is 6.07 Å². The molecule has 0 amide bonds. The van der Waals surface area contributed by atoms with E-state index in [-0.39, 0.29) is 12.6 Å². The Labute approximate surface area is 136 Å². The Morgan fingerprint density at radius 1 is 1.13 bits per heavy atom. The number of aliphatic hydroxyl groups is 2. The average molecular weight is 322 g/mol. The van der Waals surface area contributed by atoms with Crippen LogP contribution in [0.2, 0.25) is 0 Å². The van der Waals surface area contributed by atoms with Crippen LogP contribution < -0.4 is 15.5 Å². The monoisotopic (exact) mass is 322 g/mol. The van der Waals surface area contributed by atoms with Crippen molar-refractivity contribution in [1.82, 2.24) is 14.9 Å². The quantitative estimate of drug-likeness (QED) is 0.660. The third-order valence-corrected chi connectivity index (χ3v) is 4.72. The van der Waals surface area contributed by atoms with Crippen LogP contribution in [0.1, 0.15) is 12.8 Å². The molecule has 8 nitrogen and oxygen atoms in total. The first-order valence-corrected chi connectivity index (χ1v) is 8.15. The fraction of sp³-hybridized carbons (Fsp3) is 0.733. The van der Waals surface area contributed by atoms with Crippen LogP contribution in [-0.4, -0.2) is 83.6 Å². The molecule has 0 aromatic carbocycles.